The van der Waals surface area contributed by atoms with Gasteiger partial charge in [0, 0.05) is 4.47 Å². The molecule has 0 spiro atoms. The van der Waals surface area contributed by atoms with Gasteiger partial charge in [-0.05, 0) is 47.1 Å². The molecule has 0 saturated heterocycles. The normalized spacial score (nSPS) is 10.1. The van der Waals surface area contributed by atoms with Crippen LogP contribution >= 0.6 is 27.5 Å². The highest BCUT2D eigenvalue weighted by molar-refractivity contribution is 9.10. The summed E-state index contributed by atoms with van der Waals surface area (Å²) < 4.78 is 6.26. The third-order valence-electron chi connectivity index (χ3n) is 1.51. The van der Waals surface area contributed by atoms with E-state index in [9.17, 15) is 0 Å². The first-order valence-electron chi connectivity index (χ1n) is 4.02. The number of benzene rings is 1. The summed E-state index contributed by atoms with van der Waals surface area (Å²) in [6.45, 7) is 1.29. The molecule has 0 heterocycles. The van der Waals surface area contributed by atoms with E-state index in [-0.39, 0.29) is 0 Å². The lowest BCUT2D eigenvalue weighted by Crippen LogP contribution is -2.05. The Hall–Kier alpha value is -0.250. The number of rotatable bonds is 4. The number of hydrogen-bond donors (Lipinski definition) is 1. The molecule has 0 aliphatic carbocycles. The average Bonchev–Trinajstić information content (AvgIpc) is 2.12. The standard InChI is InChI=1S/C9H11BrClNO/c10-8-6-7(2-3-9(8)11)13-5-1-4-12/h2-3,6H,1,4-5,12H2. The van der Waals surface area contributed by atoms with E-state index in [1.165, 1.54) is 0 Å². The van der Waals surface area contributed by atoms with Crippen molar-refractivity contribution >= 4 is 27.5 Å². The van der Waals surface area contributed by atoms with Crippen molar-refractivity contribution in [2.45, 2.75) is 6.42 Å². The highest BCUT2D eigenvalue weighted by Gasteiger charge is 1.98. The molecule has 0 atom stereocenters. The lowest BCUT2D eigenvalue weighted by molar-refractivity contribution is 0.313. The third kappa shape index (κ3) is 3.55. The summed E-state index contributed by atoms with van der Waals surface area (Å²) in [5.74, 6) is 0.810. The largest absolute Gasteiger partial charge is 0.494 e. The summed E-state index contributed by atoms with van der Waals surface area (Å²) in [7, 11) is 0. The molecule has 1 aromatic carbocycles. The van der Waals surface area contributed by atoms with E-state index in [2.05, 4.69) is 15.9 Å². The fourth-order valence-corrected chi connectivity index (χ4v) is 1.32. The highest BCUT2D eigenvalue weighted by Crippen LogP contribution is 2.26. The van der Waals surface area contributed by atoms with Crippen LogP contribution in [0.4, 0.5) is 0 Å². The van der Waals surface area contributed by atoms with Gasteiger partial charge in [-0.3, -0.25) is 0 Å². The molecule has 1 rings (SSSR count). The van der Waals surface area contributed by atoms with Crippen LogP contribution in [0.1, 0.15) is 6.42 Å². The quantitative estimate of drug-likeness (QED) is 0.849. The van der Waals surface area contributed by atoms with E-state index in [0.29, 0.717) is 18.2 Å². The highest BCUT2D eigenvalue weighted by atomic mass is 79.9. The summed E-state index contributed by atoms with van der Waals surface area (Å²) in [5.41, 5.74) is 5.34. The number of hydrogen-bond acceptors (Lipinski definition) is 2. The van der Waals surface area contributed by atoms with Crippen LogP contribution in [0.3, 0.4) is 0 Å². The van der Waals surface area contributed by atoms with E-state index in [1.807, 2.05) is 12.1 Å². The molecule has 0 radical (unpaired) electrons. The topological polar surface area (TPSA) is 35.2 Å². The maximum Gasteiger partial charge on any atom is 0.120 e. The smallest absolute Gasteiger partial charge is 0.120 e. The van der Waals surface area contributed by atoms with Crippen LogP contribution in [-0.4, -0.2) is 13.2 Å². The Kier molecular flexibility index (Phi) is 4.56. The first kappa shape index (κ1) is 10.8. The van der Waals surface area contributed by atoms with Crippen LogP contribution in [0.15, 0.2) is 22.7 Å². The molecular formula is C9H11BrClNO. The van der Waals surface area contributed by atoms with Gasteiger partial charge in [0.15, 0.2) is 0 Å². The van der Waals surface area contributed by atoms with Gasteiger partial charge >= 0.3 is 0 Å². The van der Waals surface area contributed by atoms with Crippen molar-refractivity contribution in [1.82, 2.24) is 0 Å². The molecule has 4 heteroatoms. The first-order valence-corrected chi connectivity index (χ1v) is 5.19. The molecule has 1 aromatic rings. The van der Waals surface area contributed by atoms with Crippen molar-refractivity contribution in [2.75, 3.05) is 13.2 Å². The summed E-state index contributed by atoms with van der Waals surface area (Å²) in [4.78, 5) is 0. The average molecular weight is 265 g/mol. The van der Waals surface area contributed by atoms with Gasteiger partial charge in [-0.15, -0.1) is 0 Å². The zero-order valence-corrected chi connectivity index (χ0v) is 9.44. The molecule has 2 nitrogen and oxygen atoms in total. The molecule has 0 aliphatic heterocycles. The van der Waals surface area contributed by atoms with Gasteiger partial charge in [-0.25, -0.2) is 0 Å². The Morgan fingerprint density at radius 3 is 2.85 bits per heavy atom. The minimum absolute atomic E-state index is 0.643. The predicted molar refractivity (Wildman–Crippen MR) is 58.3 cm³/mol. The molecule has 0 fully saturated rings. The molecule has 2 N–H and O–H groups in total. The van der Waals surface area contributed by atoms with Crippen molar-refractivity contribution < 1.29 is 4.74 Å². The van der Waals surface area contributed by atoms with Gasteiger partial charge in [0.1, 0.15) is 5.75 Å². The summed E-state index contributed by atoms with van der Waals surface area (Å²) >= 11 is 9.14. The SMILES string of the molecule is NCCCOc1ccc(Cl)c(Br)c1. The van der Waals surface area contributed by atoms with Crippen LogP contribution in [-0.2, 0) is 0 Å². The first-order chi connectivity index (χ1) is 6.24. The third-order valence-corrected chi connectivity index (χ3v) is 2.72. The Bertz CT molecular complexity index is 280. The second kappa shape index (κ2) is 5.47. The van der Waals surface area contributed by atoms with Crippen molar-refractivity contribution in [1.29, 1.82) is 0 Å². The molecule has 72 valence electrons. The summed E-state index contributed by atoms with van der Waals surface area (Å²) in [5, 5.41) is 0.686. The van der Waals surface area contributed by atoms with Gasteiger partial charge in [-0.2, -0.15) is 0 Å². The molecular weight excluding hydrogens is 253 g/mol. The summed E-state index contributed by atoms with van der Waals surface area (Å²) in [6, 6.07) is 5.48. The van der Waals surface area contributed by atoms with E-state index < -0.39 is 0 Å². The molecule has 0 unspecified atom stereocenters. The van der Waals surface area contributed by atoms with Gasteiger partial charge in [0.05, 0.1) is 11.6 Å². The monoisotopic (exact) mass is 263 g/mol. The maximum absolute atomic E-state index is 5.82. The maximum atomic E-state index is 5.82. The number of ether oxygens (including phenoxy) is 1. The number of nitrogens with two attached hydrogens (primary N) is 1. The van der Waals surface area contributed by atoms with Gasteiger partial charge in [-0.1, -0.05) is 11.6 Å². The Balaban J connectivity index is 2.53. The van der Waals surface area contributed by atoms with Gasteiger partial charge in [0.25, 0.3) is 0 Å². The molecule has 0 saturated carbocycles. The summed E-state index contributed by atoms with van der Waals surface area (Å²) in [6.07, 6.45) is 0.861. The van der Waals surface area contributed by atoms with E-state index >= 15 is 0 Å². The minimum Gasteiger partial charge on any atom is -0.494 e. The van der Waals surface area contributed by atoms with E-state index in [1.54, 1.807) is 6.07 Å². The fourth-order valence-electron chi connectivity index (χ4n) is 0.840. The van der Waals surface area contributed by atoms with Crippen molar-refractivity contribution in [2.24, 2.45) is 5.73 Å². The van der Waals surface area contributed by atoms with E-state index in [4.69, 9.17) is 22.1 Å². The zero-order chi connectivity index (χ0) is 9.68. The lowest BCUT2D eigenvalue weighted by atomic mass is 10.3. The Morgan fingerprint density at radius 2 is 2.23 bits per heavy atom. The van der Waals surface area contributed by atoms with Gasteiger partial charge in [0.2, 0.25) is 0 Å². The lowest BCUT2D eigenvalue weighted by Gasteiger charge is -2.05. The number of halogens is 2. The zero-order valence-electron chi connectivity index (χ0n) is 7.09. The van der Waals surface area contributed by atoms with Crippen LogP contribution in [0.25, 0.3) is 0 Å². The van der Waals surface area contributed by atoms with Crippen LogP contribution in [0, 0.1) is 0 Å². The van der Waals surface area contributed by atoms with Crippen LogP contribution in [0.2, 0.25) is 5.02 Å². The Labute approximate surface area is 91.2 Å². The van der Waals surface area contributed by atoms with Crippen LogP contribution in [0.5, 0.6) is 5.75 Å². The molecule has 0 bridgehead atoms. The molecule has 13 heavy (non-hydrogen) atoms. The predicted octanol–water partition coefficient (Wildman–Crippen LogP) is 2.83. The minimum atomic E-state index is 0.643. The second-order valence-corrected chi connectivity index (χ2v) is 3.83. The molecule has 0 aliphatic rings. The van der Waals surface area contributed by atoms with Crippen molar-refractivity contribution in [3.05, 3.63) is 27.7 Å². The fraction of sp³-hybridized carbons (Fsp3) is 0.333. The molecule has 0 amide bonds. The van der Waals surface area contributed by atoms with Crippen LogP contribution < -0.4 is 10.5 Å². The molecule has 0 aromatic heterocycles. The van der Waals surface area contributed by atoms with E-state index in [0.717, 1.165) is 16.6 Å². The van der Waals surface area contributed by atoms with Gasteiger partial charge < -0.3 is 10.5 Å². The second-order valence-electron chi connectivity index (χ2n) is 2.57. The Morgan fingerprint density at radius 1 is 1.46 bits per heavy atom. The van der Waals surface area contributed by atoms with Crippen molar-refractivity contribution in [3.8, 4) is 5.75 Å². The van der Waals surface area contributed by atoms with Crippen molar-refractivity contribution in [3.63, 3.8) is 0 Å².